The van der Waals surface area contributed by atoms with Gasteiger partial charge in [-0.1, -0.05) is 17.7 Å². The predicted molar refractivity (Wildman–Crippen MR) is 136 cm³/mol. The third kappa shape index (κ3) is 5.70. The zero-order chi connectivity index (χ0) is 24.7. The van der Waals surface area contributed by atoms with Gasteiger partial charge in [0.15, 0.2) is 11.6 Å². The van der Waals surface area contributed by atoms with E-state index in [0.29, 0.717) is 37.0 Å². The number of pyridine rings is 1. The van der Waals surface area contributed by atoms with Crippen LogP contribution < -0.4 is 15.6 Å². The van der Waals surface area contributed by atoms with E-state index in [1.807, 2.05) is 35.2 Å². The molecule has 5 rings (SSSR count). The van der Waals surface area contributed by atoms with Gasteiger partial charge in [0.25, 0.3) is 0 Å². The molecule has 0 amide bonds. The number of nitrogens with one attached hydrogen (secondary N) is 2. The number of ether oxygens (including phenoxy) is 1. The predicted octanol–water partition coefficient (Wildman–Crippen LogP) is 4.15. The van der Waals surface area contributed by atoms with Crippen molar-refractivity contribution in [2.24, 2.45) is 5.10 Å². The van der Waals surface area contributed by atoms with Gasteiger partial charge >= 0.3 is 0 Å². The first-order chi connectivity index (χ1) is 17.7. The highest BCUT2D eigenvalue weighted by atomic mass is 35.5. The van der Waals surface area contributed by atoms with E-state index in [2.05, 4.69) is 40.8 Å². The summed E-state index contributed by atoms with van der Waals surface area (Å²) in [5.74, 6) is -0.0734. The SMILES string of the molecule is Fc1cnc(N/N=C/c2ccc(Nc3ccc(-c4ccncn4)cc3Cl)cn2)nc1N1CCOCC1. The van der Waals surface area contributed by atoms with Crippen LogP contribution in [0.2, 0.25) is 5.02 Å². The lowest BCUT2D eigenvalue weighted by Gasteiger charge is -2.27. The van der Waals surface area contributed by atoms with Crippen LogP contribution in [0, 0.1) is 5.82 Å². The first-order valence-corrected chi connectivity index (χ1v) is 11.5. The van der Waals surface area contributed by atoms with Crippen LogP contribution in [0.4, 0.5) is 27.5 Å². The molecule has 4 heterocycles. The molecule has 1 saturated heterocycles. The first kappa shape index (κ1) is 23.5. The number of aromatic nitrogens is 5. The summed E-state index contributed by atoms with van der Waals surface area (Å²) in [6.45, 7) is 2.19. The van der Waals surface area contributed by atoms with Gasteiger partial charge in [-0.15, -0.1) is 0 Å². The van der Waals surface area contributed by atoms with Crippen molar-refractivity contribution in [2.45, 2.75) is 0 Å². The number of rotatable bonds is 7. The summed E-state index contributed by atoms with van der Waals surface area (Å²) in [5.41, 5.74) is 6.51. The number of anilines is 4. The molecule has 0 atom stereocenters. The molecule has 0 aliphatic carbocycles. The Bertz CT molecular complexity index is 1350. The van der Waals surface area contributed by atoms with Gasteiger partial charge in [0, 0.05) is 24.8 Å². The first-order valence-electron chi connectivity index (χ1n) is 11.1. The standard InChI is InChI=1S/C24H21ClFN9O/c25-19-11-16(21-5-6-27-15-30-21)1-4-22(19)32-18-3-2-17(28-12-18)13-31-34-24-29-14-20(26)23(33-24)35-7-9-36-10-8-35/h1-6,11-15,32H,7-10H2,(H,29,33,34)/b31-13+. The van der Waals surface area contributed by atoms with Gasteiger partial charge in [0.1, 0.15) is 6.33 Å². The third-order valence-corrected chi connectivity index (χ3v) is 5.62. The van der Waals surface area contributed by atoms with Crippen LogP contribution in [0.1, 0.15) is 5.69 Å². The fraction of sp³-hybridized carbons (Fsp3) is 0.167. The topological polar surface area (TPSA) is 113 Å². The van der Waals surface area contributed by atoms with E-state index in [1.54, 1.807) is 18.5 Å². The van der Waals surface area contributed by atoms with E-state index >= 15 is 0 Å². The summed E-state index contributed by atoms with van der Waals surface area (Å²) in [6, 6.07) is 11.1. The minimum absolute atomic E-state index is 0.187. The van der Waals surface area contributed by atoms with Crippen molar-refractivity contribution >= 4 is 41.0 Å². The normalized spacial score (nSPS) is 13.7. The highest BCUT2D eigenvalue weighted by Gasteiger charge is 2.17. The Labute approximate surface area is 211 Å². The maximum Gasteiger partial charge on any atom is 0.245 e. The quantitative estimate of drug-likeness (QED) is 0.282. The van der Waals surface area contributed by atoms with Gasteiger partial charge in [-0.25, -0.2) is 24.8 Å². The van der Waals surface area contributed by atoms with E-state index in [4.69, 9.17) is 16.3 Å². The molecule has 182 valence electrons. The molecule has 0 spiro atoms. The van der Waals surface area contributed by atoms with Crippen LogP contribution in [-0.2, 0) is 4.74 Å². The smallest absolute Gasteiger partial charge is 0.245 e. The Balaban J connectivity index is 1.20. The number of hydrogen-bond donors (Lipinski definition) is 2. The summed E-state index contributed by atoms with van der Waals surface area (Å²) in [6.07, 6.45) is 7.50. The van der Waals surface area contributed by atoms with Crippen molar-refractivity contribution in [3.8, 4) is 11.3 Å². The summed E-state index contributed by atoms with van der Waals surface area (Å²) < 4.78 is 19.5. The van der Waals surface area contributed by atoms with Gasteiger partial charge < -0.3 is 15.0 Å². The summed E-state index contributed by atoms with van der Waals surface area (Å²) in [7, 11) is 0. The van der Waals surface area contributed by atoms with E-state index in [-0.39, 0.29) is 11.8 Å². The fourth-order valence-electron chi connectivity index (χ4n) is 3.51. The Morgan fingerprint density at radius 1 is 1.06 bits per heavy atom. The van der Waals surface area contributed by atoms with Crippen molar-refractivity contribution in [1.82, 2.24) is 24.9 Å². The molecule has 0 radical (unpaired) electrons. The number of benzene rings is 1. The molecule has 0 bridgehead atoms. The summed E-state index contributed by atoms with van der Waals surface area (Å²) in [4.78, 5) is 22.5. The number of hydrazone groups is 1. The molecule has 1 aliphatic heterocycles. The average Bonchev–Trinajstić information content (AvgIpc) is 2.93. The Kier molecular flexibility index (Phi) is 7.20. The molecule has 0 saturated carbocycles. The molecule has 10 nitrogen and oxygen atoms in total. The van der Waals surface area contributed by atoms with Gasteiger partial charge in [0.2, 0.25) is 5.95 Å². The second-order valence-electron chi connectivity index (χ2n) is 7.72. The number of hydrogen-bond acceptors (Lipinski definition) is 10. The molecule has 1 aliphatic rings. The molecule has 3 aromatic heterocycles. The monoisotopic (exact) mass is 505 g/mol. The molecule has 1 aromatic carbocycles. The Morgan fingerprint density at radius 2 is 1.94 bits per heavy atom. The molecule has 36 heavy (non-hydrogen) atoms. The lowest BCUT2D eigenvalue weighted by atomic mass is 10.1. The maximum atomic E-state index is 14.2. The van der Waals surface area contributed by atoms with Gasteiger partial charge in [-0.3, -0.25) is 4.98 Å². The van der Waals surface area contributed by atoms with Crippen LogP contribution >= 0.6 is 11.6 Å². The minimum Gasteiger partial charge on any atom is -0.378 e. The largest absolute Gasteiger partial charge is 0.378 e. The van der Waals surface area contributed by atoms with E-state index < -0.39 is 5.82 Å². The lowest BCUT2D eigenvalue weighted by molar-refractivity contribution is 0.122. The average molecular weight is 506 g/mol. The van der Waals surface area contributed by atoms with Gasteiger partial charge in [-0.05, 0) is 30.3 Å². The van der Waals surface area contributed by atoms with Crippen LogP contribution in [0.5, 0.6) is 0 Å². The second-order valence-corrected chi connectivity index (χ2v) is 8.13. The highest BCUT2D eigenvalue weighted by molar-refractivity contribution is 6.33. The van der Waals surface area contributed by atoms with E-state index in [0.717, 1.165) is 28.8 Å². The minimum atomic E-state index is -0.486. The van der Waals surface area contributed by atoms with Crippen LogP contribution in [-0.4, -0.2) is 57.4 Å². The molecular formula is C24H21ClFN9O. The number of nitrogens with zero attached hydrogens (tertiary/aromatic N) is 7. The van der Waals surface area contributed by atoms with Crippen LogP contribution in [0.15, 0.2) is 66.4 Å². The summed E-state index contributed by atoms with van der Waals surface area (Å²) >= 11 is 6.46. The zero-order valence-electron chi connectivity index (χ0n) is 19.0. The molecule has 2 N–H and O–H groups in total. The van der Waals surface area contributed by atoms with Crippen LogP contribution in [0.25, 0.3) is 11.3 Å². The van der Waals surface area contributed by atoms with Crippen molar-refractivity contribution < 1.29 is 9.13 Å². The van der Waals surface area contributed by atoms with Crippen molar-refractivity contribution in [2.75, 3.05) is 41.9 Å². The van der Waals surface area contributed by atoms with Crippen LogP contribution in [0.3, 0.4) is 0 Å². The molecule has 1 fully saturated rings. The maximum absolute atomic E-state index is 14.2. The lowest BCUT2D eigenvalue weighted by Crippen LogP contribution is -2.37. The third-order valence-electron chi connectivity index (χ3n) is 5.31. The van der Waals surface area contributed by atoms with Crippen molar-refractivity contribution in [3.63, 3.8) is 0 Å². The molecule has 0 unspecified atom stereocenters. The molecule has 4 aromatic rings. The Hall–Kier alpha value is -4.22. The number of halogens is 2. The van der Waals surface area contributed by atoms with Crippen molar-refractivity contribution in [3.05, 3.63) is 77.8 Å². The highest BCUT2D eigenvalue weighted by Crippen LogP contribution is 2.29. The second kappa shape index (κ2) is 11.0. The molecule has 12 heteroatoms. The molecular weight excluding hydrogens is 485 g/mol. The summed E-state index contributed by atoms with van der Waals surface area (Å²) in [5, 5.41) is 7.91. The van der Waals surface area contributed by atoms with Gasteiger partial charge in [0.05, 0.1) is 59.6 Å². The number of morpholine rings is 1. The van der Waals surface area contributed by atoms with E-state index in [9.17, 15) is 4.39 Å². The fourth-order valence-corrected chi connectivity index (χ4v) is 3.74. The van der Waals surface area contributed by atoms with Gasteiger partial charge in [-0.2, -0.15) is 10.1 Å². The van der Waals surface area contributed by atoms with E-state index in [1.165, 1.54) is 12.5 Å². The Morgan fingerprint density at radius 3 is 2.69 bits per heavy atom. The van der Waals surface area contributed by atoms with Crippen molar-refractivity contribution in [1.29, 1.82) is 0 Å². The zero-order valence-corrected chi connectivity index (χ0v) is 19.7.